The Labute approximate surface area is 119 Å². The lowest BCUT2D eigenvalue weighted by molar-refractivity contribution is 0.281. The zero-order chi connectivity index (χ0) is 13.8. The van der Waals surface area contributed by atoms with Crippen molar-refractivity contribution in [3.63, 3.8) is 0 Å². The van der Waals surface area contributed by atoms with Crippen LogP contribution in [-0.4, -0.2) is 11.1 Å². The van der Waals surface area contributed by atoms with Crippen molar-refractivity contribution in [1.82, 2.24) is 0 Å². The minimum absolute atomic E-state index is 0.199. The minimum Gasteiger partial charge on any atom is -0.392 e. The molecule has 0 saturated heterocycles. The first-order chi connectivity index (χ1) is 9.11. The molecule has 106 valence electrons. The van der Waals surface area contributed by atoms with Gasteiger partial charge in [-0.1, -0.05) is 30.9 Å². The summed E-state index contributed by atoms with van der Waals surface area (Å²) in [6, 6.07) is 3.16. The van der Waals surface area contributed by atoms with E-state index < -0.39 is 0 Å². The highest BCUT2D eigenvalue weighted by Crippen LogP contribution is 2.32. The second kappa shape index (κ2) is 6.58. The molecule has 1 saturated carbocycles. The maximum Gasteiger partial charge on any atom is 0.148 e. The van der Waals surface area contributed by atoms with E-state index in [0.29, 0.717) is 22.2 Å². The molecular weight excluding hydrogens is 265 g/mol. The largest absolute Gasteiger partial charge is 0.392 e. The quantitative estimate of drug-likeness (QED) is 0.862. The Morgan fingerprint density at radius 2 is 2.05 bits per heavy atom. The summed E-state index contributed by atoms with van der Waals surface area (Å²) in [6.07, 6.45) is 6.22. The summed E-state index contributed by atoms with van der Waals surface area (Å²) in [4.78, 5) is 0. The van der Waals surface area contributed by atoms with E-state index in [1.165, 1.54) is 38.2 Å². The Morgan fingerprint density at radius 3 is 2.63 bits per heavy atom. The number of nitrogens with one attached hydrogen (secondary N) is 1. The normalized spacial score (nSPS) is 18.3. The Balaban J connectivity index is 2.09. The predicted molar refractivity (Wildman–Crippen MR) is 77.0 cm³/mol. The van der Waals surface area contributed by atoms with Crippen LogP contribution in [0.5, 0.6) is 0 Å². The molecule has 2 N–H and O–H groups in total. The first kappa shape index (κ1) is 14.6. The Hall–Kier alpha value is -0.800. The van der Waals surface area contributed by atoms with Crippen molar-refractivity contribution in [3.05, 3.63) is 28.5 Å². The Kier molecular flexibility index (Phi) is 5.06. The van der Waals surface area contributed by atoms with Gasteiger partial charge in [-0.25, -0.2) is 4.39 Å². The predicted octanol–water partition coefficient (Wildman–Crippen LogP) is 4.35. The highest BCUT2D eigenvalue weighted by Gasteiger charge is 2.21. The molecule has 0 aliphatic heterocycles. The van der Waals surface area contributed by atoms with Gasteiger partial charge >= 0.3 is 0 Å². The van der Waals surface area contributed by atoms with Gasteiger partial charge in [0.15, 0.2) is 0 Å². The van der Waals surface area contributed by atoms with E-state index >= 15 is 0 Å². The average molecular weight is 286 g/mol. The van der Waals surface area contributed by atoms with E-state index in [0.717, 1.165) is 0 Å². The van der Waals surface area contributed by atoms with Crippen LogP contribution in [0, 0.1) is 11.7 Å². The molecule has 2 rings (SSSR count). The summed E-state index contributed by atoms with van der Waals surface area (Å²) in [5.41, 5.74) is 0.857. The van der Waals surface area contributed by atoms with Crippen LogP contribution in [-0.2, 0) is 6.61 Å². The summed E-state index contributed by atoms with van der Waals surface area (Å²) in [5.74, 6) is 0.195. The molecule has 19 heavy (non-hydrogen) atoms. The van der Waals surface area contributed by atoms with Gasteiger partial charge in [-0.3, -0.25) is 0 Å². The number of hydrogen-bond acceptors (Lipinski definition) is 2. The molecule has 0 bridgehead atoms. The van der Waals surface area contributed by atoms with Gasteiger partial charge in [0.25, 0.3) is 0 Å². The molecular formula is C15H21ClFNO. The van der Waals surface area contributed by atoms with Crippen molar-refractivity contribution >= 4 is 17.3 Å². The van der Waals surface area contributed by atoms with E-state index in [1.54, 1.807) is 6.07 Å². The van der Waals surface area contributed by atoms with Crippen molar-refractivity contribution in [1.29, 1.82) is 0 Å². The van der Waals surface area contributed by atoms with E-state index in [1.807, 2.05) is 0 Å². The summed E-state index contributed by atoms with van der Waals surface area (Å²) >= 11 is 6.08. The van der Waals surface area contributed by atoms with Crippen molar-refractivity contribution < 1.29 is 9.50 Å². The second-order valence-electron chi connectivity index (χ2n) is 5.42. The molecule has 0 aromatic heterocycles. The molecule has 1 fully saturated rings. The van der Waals surface area contributed by atoms with Gasteiger partial charge in [0.05, 0.1) is 17.3 Å². The van der Waals surface area contributed by atoms with Gasteiger partial charge in [-0.2, -0.15) is 0 Å². The summed E-state index contributed by atoms with van der Waals surface area (Å²) in [7, 11) is 0. The molecule has 0 spiro atoms. The van der Waals surface area contributed by atoms with Crippen LogP contribution in [0.4, 0.5) is 10.1 Å². The lowest BCUT2D eigenvalue weighted by atomic mass is 9.84. The van der Waals surface area contributed by atoms with Crippen molar-refractivity contribution in [3.8, 4) is 0 Å². The third-order valence-corrected chi connectivity index (χ3v) is 4.31. The number of halogens is 2. The first-order valence-electron chi connectivity index (χ1n) is 6.97. The highest BCUT2D eigenvalue weighted by atomic mass is 35.5. The van der Waals surface area contributed by atoms with Crippen LogP contribution in [0.3, 0.4) is 0 Å². The standard InChI is InChI=1S/C15H21ClFNO/c1-10(12-5-3-2-4-6-12)18-15-13(16)7-11(9-19)8-14(15)17/h7-8,10,12,18-19H,2-6,9H2,1H3. The molecule has 0 radical (unpaired) electrons. The Bertz CT molecular complexity index is 409. The van der Waals surface area contributed by atoms with Crippen LogP contribution in [0.2, 0.25) is 5.02 Å². The molecule has 2 nitrogen and oxygen atoms in total. The zero-order valence-electron chi connectivity index (χ0n) is 11.3. The van der Waals surface area contributed by atoms with Crippen LogP contribution in [0.15, 0.2) is 12.1 Å². The van der Waals surface area contributed by atoms with Crippen molar-refractivity contribution in [2.45, 2.75) is 51.7 Å². The fraction of sp³-hybridized carbons (Fsp3) is 0.600. The smallest absolute Gasteiger partial charge is 0.148 e. The number of aliphatic hydroxyl groups is 1. The van der Waals surface area contributed by atoms with E-state index in [2.05, 4.69) is 12.2 Å². The van der Waals surface area contributed by atoms with Crippen molar-refractivity contribution in [2.24, 2.45) is 5.92 Å². The second-order valence-corrected chi connectivity index (χ2v) is 5.83. The van der Waals surface area contributed by atoms with Gasteiger partial charge in [0.1, 0.15) is 5.82 Å². The van der Waals surface area contributed by atoms with E-state index in [-0.39, 0.29) is 18.5 Å². The highest BCUT2D eigenvalue weighted by molar-refractivity contribution is 6.33. The number of benzene rings is 1. The summed E-state index contributed by atoms with van der Waals surface area (Å²) in [6.45, 7) is 1.89. The number of hydrogen-bond donors (Lipinski definition) is 2. The first-order valence-corrected chi connectivity index (χ1v) is 7.35. The lowest BCUT2D eigenvalue weighted by Crippen LogP contribution is -2.28. The number of anilines is 1. The maximum absolute atomic E-state index is 14.0. The molecule has 0 amide bonds. The van der Waals surface area contributed by atoms with Gasteiger partial charge in [-0.05, 0) is 43.4 Å². The van der Waals surface area contributed by atoms with Gasteiger partial charge in [0.2, 0.25) is 0 Å². The summed E-state index contributed by atoms with van der Waals surface area (Å²) < 4.78 is 14.0. The molecule has 1 aromatic carbocycles. The van der Waals surface area contributed by atoms with Crippen LogP contribution in [0.1, 0.15) is 44.6 Å². The van der Waals surface area contributed by atoms with Crippen LogP contribution < -0.4 is 5.32 Å². The zero-order valence-corrected chi connectivity index (χ0v) is 12.0. The molecule has 1 unspecified atom stereocenters. The monoisotopic (exact) mass is 285 g/mol. The fourth-order valence-corrected chi connectivity index (χ4v) is 3.12. The lowest BCUT2D eigenvalue weighted by Gasteiger charge is -2.29. The average Bonchev–Trinajstić information content (AvgIpc) is 2.43. The van der Waals surface area contributed by atoms with Gasteiger partial charge in [0, 0.05) is 6.04 Å². The van der Waals surface area contributed by atoms with Gasteiger partial charge < -0.3 is 10.4 Å². The maximum atomic E-state index is 14.0. The molecule has 1 aliphatic carbocycles. The van der Waals surface area contributed by atoms with E-state index in [9.17, 15) is 4.39 Å². The van der Waals surface area contributed by atoms with Crippen molar-refractivity contribution in [2.75, 3.05) is 5.32 Å². The topological polar surface area (TPSA) is 32.3 Å². The number of rotatable bonds is 4. The van der Waals surface area contributed by atoms with Crippen LogP contribution >= 0.6 is 11.6 Å². The third-order valence-electron chi connectivity index (χ3n) is 4.01. The fourth-order valence-electron chi connectivity index (χ4n) is 2.83. The number of aliphatic hydroxyl groups excluding tert-OH is 1. The molecule has 0 heterocycles. The van der Waals surface area contributed by atoms with E-state index in [4.69, 9.17) is 16.7 Å². The molecule has 1 aliphatic rings. The Morgan fingerprint density at radius 1 is 1.37 bits per heavy atom. The van der Waals surface area contributed by atoms with Crippen LogP contribution in [0.25, 0.3) is 0 Å². The molecule has 1 atom stereocenters. The minimum atomic E-state index is -0.390. The van der Waals surface area contributed by atoms with Gasteiger partial charge in [-0.15, -0.1) is 0 Å². The summed E-state index contributed by atoms with van der Waals surface area (Å²) in [5, 5.41) is 12.6. The molecule has 4 heteroatoms. The molecule has 1 aromatic rings. The third kappa shape index (κ3) is 3.61. The SMILES string of the molecule is CC(Nc1c(F)cc(CO)cc1Cl)C1CCCCC1.